The lowest BCUT2D eigenvalue weighted by Gasteiger charge is -2.37. The number of benzene rings is 1. The molecule has 0 aromatic heterocycles. The minimum Gasteiger partial charge on any atom is -0.303 e. The molecule has 1 aliphatic heterocycles. The van der Waals surface area contributed by atoms with Crippen LogP contribution in [0.4, 0.5) is 0 Å². The number of halogens is 2. The minimum atomic E-state index is 0.152. The van der Waals surface area contributed by atoms with Crippen LogP contribution in [0.1, 0.15) is 25.5 Å². The van der Waals surface area contributed by atoms with Crippen molar-refractivity contribution in [3.63, 3.8) is 0 Å². The molecule has 0 aliphatic carbocycles. The highest BCUT2D eigenvalue weighted by Gasteiger charge is 2.29. The first-order valence-electron chi connectivity index (χ1n) is 5.29. The molecule has 1 saturated heterocycles. The van der Waals surface area contributed by atoms with Crippen molar-refractivity contribution >= 4 is 35.0 Å². The zero-order valence-electron chi connectivity index (χ0n) is 9.39. The minimum absolute atomic E-state index is 0.152. The lowest BCUT2D eigenvalue weighted by atomic mass is 10.0. The lowest BCUT2D eigenvalue weighted by Crippen LogP contribution is -2.48. The molecule has 0 spiro atoms. The van der Waals surface area contributed by atoms with Crippen molar-refractivity contribution in [2.75, 3.05) is 11.5 Å². The van der Waals surface area contributed by atoms with Gasteiger partial charge >= 0.3 is 0 Å². The zero-order chi connectivity index (χ0) is 11.8. The SMILES string of the molecule is CC1(C)CSCC(c2cccc(Cl)c2Cl)N1. The molecule has 1 heterocycles. The quantitative estimate of drug-likeness (QED) is 0.827. The largest absolute Gasteiger partial charge is 0.303 e. The summed E-state index contributed by atoms with van der Waals surface area (Å²) in [7, 11) is 0. The van der Waals surface area contributed by atoms with Crippen LogP contribution >= 0.6 is 35.0 Å². The van der Waals surface area contributed by atoms with Gasteiger partial charge in [0.25, 0.3) is 0 Å². The Kier molecular flexibility index (Phi) is 3.75. The Balaban J connectivity index is 2.27. The highest BCUT2D eigenvalue weighted by Crippen LogP contribution is 2.35. The van der Waals surface area contributed by atoms with E-state index in [1.54, 1.807) is 0 Å². The predicted molar refractivity (Wildman–Crippen MR) is 73.7 cm³/mol. The molecule has 4 heteroatoms. The van der Waals surface area contributed by atoms with Gasteiger partial charge in [0, 0.05) is 23.1 Å². The van der Waals surface area contributed by atoms with E-state index in [0.29, 0.717) is 16.1 Å². The normalized spacial score (nSPS) is 24.4. The maximum absolute atomic E-state index is 6.24. The van der Waals surface area contributed by atoms with Gasteiger partial charge < -0.3 is 5.32 Å². The average molecular weight is 276 g/mol. The standard InChI is InChI=1S/C12H15Cl2NS/c1-12(2)7-16-6-10(15-12)8-4-3-5-9(13)11(8)14/h3-5,10,15H,6-7H2,1-2H3. The highest BCUT2D eigenvalue weighted by atomic mass is 35.5. The van der Waals surface area contributed by atoms with Crippen molar-refractivity contribution in [1.82, 2.24) is 5.32 Å². The van der Waals surface area contributed by atoms with Crippen molar-refractivity contribution in [2.45, 2.75) is 25.4 Å². The Morgan fingerprint density at radius 3 is 2.81 bits per heavy atom. The molecule has 16 heavy (non-hydrogen) atoms. The van der Waals surface area contributed by atoms with Crippen LogP contribution in [0.25, 0.3) is 0 Å². The Bertz CT molecular complexity index is 393. The summed E-state index contributed by atoms with van der Waals surface area (Å²) in [6, 6.07) is 6.12. The second-order valence-corrected chi connectivity index (χ2v) is 6.55. The van der Waals surface area contributed by atoms with Gasteiger partial charge in [-0.05, 0) is 25.5 Å². The molecule has 1 fully saturated rings. The first-order valence-corrected chi connectivity index (χ1v) is 7.20. The van der Waals surface area contributed by atoms with Crippen LogP contribution in [-0.2, 0) is 0 Å². The lowest BCUT2D eigenvalue weighted by molar-refractivity contribution is 0.376. The third-order valence-corrected chi connectivity index (χ3v) is 5.00. The van der Waals surface area contributed by atoms with E-state index in [-0.39, 0.29) is 5.54 Å². The van der Waals surface area contributed by atoms with E-state index < -0.39 is 0 Å². The van der Waals surface area contributed by atoms with E-state index in [1.165, 1.54) is 0 Å². The van der Waals surface area contributed by atoms with E-state index in [2.05, 4.69) is 19.2 Å². The molecule has 1 aromatic carbocycles. The fourth-order valence-corrected chi connectivity index (χ4v) is 3.59. The zero-order valence-corrected chi connectivity index (χ0v) is 11.7. The Labute approximate surface area is 111 Å². The van der Waals surface area contributed by atoms with E-state index in [1.807, 2.05) is 30.0 Å². The van der Waals surface area contributed by atoms with Gasteiger partial charge in [0.2, 0.25) is 0 Å². The number of nitrogens with one attached hydrogen (secondary N) is 1. The molecule has 1 nitrogen and oxygen atoms in total. The molecule has 2 rings (SSSR count). The van der Waals surface area contributed by atoms with Crippen LogP contribution < -0.4 is 5.32 Å². The van der Waals surface area contributed by atoms with E-state index in [9.17, 15) is 0 Å². The van der Waals surface area contributed by atoms with Crippen molar-refractivity contribution in [1.29, 1.82) is 0 Å². The molecule has 0 radical (unpaired) electrons. The monoisotopic (exact) mass is 275 g/mol. The number of thioether (sulfide) groups is 1. The Morgan fingerprint density at radius 1 is 1.38 bits per heavy atom. The first kappa shape index (κ1) is 12.6. The summed E-state index contributed by atoms with van der Waals surface area (Å²) in [5, 5.41) is 4.93. The third kappa shape index (κ3) is 2.67. The topological polar surface area (TPSA) is 12.0 Å². The van der Waals surface area contributed by atoms with E-state index in [0.717, 1.165) is 17.1 Å². The van der Waals surface area contributed by atoms with Gasteiger partial charge in [-0.3, -0.25) is 0 Å². The molecule has 0 saturated carbocycles. The molecule has 1 aliphatic rings. The number of hydrogen-bond donors (Lipinski definition) is 1. The predicted octanol–water partition coefficient (Wildman–Crippen LogP) is 4.15. The van der Waals surface area contributed by atoms with Crippen molar-refractivity contribution in [3.8, 4) is 0 Å². The molecule has 1 atom stereocenters. The van der Waals surface area contributed by atoms with Gasteiger partial charge in [-0.1, -0.05) is 35.3 Å². The van der Waals surface area contributed by atoms with Crippen molar-refractivity contribution in [2.24, 2.45) is 0 Å². The number of rotatable bonds is 1. The molecular formula is C12H15Cl2NS. The van der Waals surface area contributed by atoms with Crippen molar-refractivity contribution in [3.05, 3.63) is 33.8 Å². The van der Waals surface area contributed by atoms with Gasteiger partial charge in [0.1, 0.15) is 0 Å². The summed E-state index contributed by atoms with van der Waals surface area (Å²) >= 11 is 14.2. The Morgan fingerprint density at radius 2 is 2.12 bits per heavy atom. The van der Waals surface area contributed by atoms with Crippen LogP contribution in [0.5, 0.6) is 0 Å². The summed E-state index contributed by atoms with van der Waals surface area (Å²) < 4.78 is 0. The summed E-state index contributed by atoms with van der Waals surface area (Å²) in [6.45, 7) is 4.43. The maximum atomic E-state index is 6.24. The molecule has 0 amide bonds. The van der Waals surface area contributed by atoms with Crippen LogP contribution in [0.15, 0.2) is 18.2 Å². The molecule has 0 bridgehead atoms. The molecule has 1 unspecified atom stereocenters. The van der Waals surface area contributed by atoms with Crippen LogP contribution in [0, 0.1) is 0 Å². The second-order valence-electron chi connectivity index (χ2n) is 4.74. The second kappa shape index (κ2) is 4.77. The van der Waals surface area contributed by atoms with Crippen molar-refractivity contribution < 1.29 is 0 Å². The molecule has 88 valence electrons. The summed E-state index contributed by atoms with van der Waals surface area (Å²) in [4.78, 5) is 0. The molecule has 1 aromatic rings. The van der Waals surface area contributed by atoms with Gasteiger partial charge in [0.05, 0.1) is 10.0 Å². The van der Waals surface area contributed by atoms with Crippen LogP contribution in [0.2, 0.25) is 10.0 Å². The summed E-state index contributed by atoms with van der Waals surface area (Å²) in [5.41, 5.74) is 1.26. The fraction of sp³-hybridized carbons (Fsp3) is 0.500. The first-order chi connectivity index (χ1) is 7.49. The van der Waals surface area contributed by atoms with E-state index >= 15 is 0 Å². The van der Waals surface area contributed by atoms with Gasteiger partial charge in [-0.25, -0.2) is 0 Å². The summed E-state index contributed by atoms with van der Waals surface area (Å²) in [6.07, 6.45) is 0. The van der Waals surface area contributed by atoms with Crippen LogP contribution in [-0.4, -0.2) is 17.0 Å². The van der Waals surface area contributed by atoms with Gasteiger partial charge in [-0.15, -0.1) is 0 Å². The van der Waals surface area contributed by atoms with E-state index in [4.69, 9.17) is 23.2 Å². The molecular weight excluding hydrogens is 261 g/mol. The van der Waals surface area contributed by atoms with Gasteiger partial charge in [0.15, 0.2) is 0 Å². The third-order valence-electron chi connectivity index (χ3n) is 2.67. The fourth-order valence-electron chi connectivity index (χ4n) is 1.94. The Hall–Kier alpha value is 0.110. The molecule has 1 N–H and O–H groups in total. The smallest absolute Gasteiger partial charge is 0.0640 e. The average Bonchev–Trinajstić information content (AvgIpc) is 2.20. The number of hydrogen-bond acceptors (Lipinski definition) is 2. The van der Waals surface area contributed by atoms with Gasteiger partial charge in [-0.2, -0.15) is 11.8 Å². The highest BCUT2D eigenvalue weighted by molar-refractivity contribution is 7.99. The summed E-state index contributed by atoms with van der Waals surface area (Å²) in [5.74, 6) is 2.17. The maximum Gasteiger partial charge on any atom is 0.0640 e. The van der Waals surface area contributed by atoms with Crippen LogP contribution in [0.3, 0.4) is 0 Å².